The van der Waals surface area contributed by atoms with Gasteiger partial charge < -0.3 is 5.32 Å². The first-order chi connectivity index (χ1) is 18.8. The van der Waals surface area contributed by atoms with Crippen LogP contribution in [0.2, 0.25) is 0 Å². The van der Waals surface area contributed by atoms with E-state index in [1.165, 1.54) is 6.07 Å². The number of hydrogen-bond acceptors (Lipinski definition) is 4. The smallest absolute Gasteiger partial charge is 0.343 e. The number of nitrogens with one attached hydrogen (secondary N) is 1. The summed E-state index contributed by atoms with van der Waals surface area (Å²) in [4.78, 5) is 25.9. The van der Waals surface area contributed by atoms with Gasteiger partial charge in [-0.1, -0.05) is 36.7 Å². The Hall–Kier alpha value is -2.95. The van der Waals surface area contributed by atoms with E-state index in [-0.39, 0.29) is 23.2 Å². The highest BCUT2D eigenvalue weighted by molar-refractivity contribution is 8.00. The first-order valence-electron chi connectivity index (χ1n) is 13.3. The van der Waals surface area contributed by atoms with Crippen LogP contribution >= 0.6 is 11.8 Å². The van der Waals surface area contributed by atoms with Crippen LogP contribution in [0.25, 0.3) is 10.9 Å². The van der Waals surface area contributed by atoms with E-state index in [4.69, 9.17) is 0 Å². The minimum Gasteiger partial charge on any atom is -0.343 e. The third-order valence-corrected chi connectivity index (χ3v) is 8.16. The number of thioether (sulfide) groups is 1. The zero-order valence-corrected chi connectivity index (χ0v) is 23.2. The standard InChI is InChI=1S/C29H32F5N3O2S/c1-18-23(27(39)35-17-29(32,33)34)13-14-25-24(18)16-37(36-25)15-19-5-3-4-6-20(8-7-19)26(38)21-9-11-22(12-10-21)40-28(2,30)31/h9-14,16,19-20H,3-8,15,17H2,1-2H3,(H,35,39). The molecular formula is C29H32F5N3O2S. The Labute approximate surface area is 233 Å². The van der Waals surface area contributed by atoms with Crippen LogP contribution in [0, 0.1) is 18.8 Å². The van der Waals surface area contributed by atoms with Crippen LogP contribution in [-0.2, 0) is 6.54 Å². The number of halogens is 5. The van der Waals surface area contributed by atoms with Crippen molar-refractivity contribution in [3.63, 3.8) is 0 Å². The maximum atomic E-state index is 13.3. The molecule has 11 heteroatoms. The quantitative estimate of drug-likeness (QED) is 0.167. The van der Waals surface area contributed by atoms with E-state index in [0.717, 1.165) is 45.4 Å². The molecule has 0 radical (unpaired) electrons. The van der Waals surface area contributed by atoms with Gasteiger partial charge in [0.15, 0.2) is 5.78 Å². The molecule has 0 saturated heterocycles. The summed E-state index contributed by atoms with van der Waals surface area (Å²) in [5, 5.41) is 4.37. The Morgan fingerprint density at radius 2 is 1.70 bits per heavy atom. The molecule has 4 rings (SSSR count). The van der Waals surface area contributed by atoms with Crippen molar-refractivity contribution in [2.75, 3.05) is 6.54 Å². The van der Waals surface area contributed by atoms with Crippen LogP contribution in [0.15, 0.2) is 47.5 Å². The van der Waals surface area contributed by atoms with Crippen molar-refractivity contribution >= 4 is 34.4 Å². The lowest BCUT2D eigenvalue weighted by Crippen LogP contribution is -2.34. The molecule has 1 aliphatic carbocycles. The number of carbonyl (C=O) groups excluding carboxylic acids is 2. The lowest BCUT2D eigenvalue weighted by atomic mass is 9.82. The number of alkyl halides is 5. The fourth-order valence-electron chi connectivity index (χ4n) is 5.28. The predicted molar refractivity (Wildman–Crippen MR) is 145 cm³/mol. The molecule has 1 N–H and O–H groups in total. The average Bonchev–Trinajstić information content (AvgIpc) is 3.27. The second kappa shape index (κ2) is 12.3. The van der Waals surface area contributed by atoms with Crippen molar-refractivity contribution in [1.29, 1.82) is 0 Å². The number of aryl methyl sites for hydroxylation is 1. The topological polar surface area (TPSA) is 64.0 Å². The molecule has 1 saturated carbocycles. The Morgan fingerprint density at radius 3 is 2.38 bits per heavy atom. The Kier molecular flexibility index (Phi) is 9.22. The second-order valence-corrected chi connectivity index (χ2v) is 11.9. The van der Waals surface area contributed by atoms with Crippen LogP contribution in [0.4, 0.5) is 22.0 Å². The SMILES string of the molecule is Cc1c(C(=O)NCC(F)(F)F)ccc2nn(CC3CCCCC(C(=O)c4ccc(SC(C)(F)F)cc4)CC3)cc12. The summed E-state index contributed by atoms with van der Waals surface area (Å²) >= 11 is 0.458. The molecule has 40 heavy (non-hydrogen) atoms. The number of benzene rings is 2. The maximum absolute atomic E-state index is 13.3. The first kappa shape index (κ1) is 30.0. The zero-order valence-electron chi connectivity index (χ0n) is 22.4. The number of carbonyl (C=O) groups is 2. The molecule has 5 nitrogen and oxygen atoms in total. The third kappa shape index (κ3) is 8.05. The Morgan fingerprint density at radius 1 is 1.00 bits per heavy atom. The summed E-state index contributed by atoms with van der Waals surface area (Å²) in [5.41, 5.74) is 1.94. The Bertz CT molecular complexity index is 1350. The molecule has 2 unspecified atom stereocenters. The number of hydrogen-bond donors (Lipinski definition) is 1. The van der Waals surface area contributed by atoms with Gasteiger partial charge in [0.2, 0.25) is 0 Å². The highest BCUT2D eigenvalue weighted by atomic mass is 32.2. The van der Waals surface area contributed by atoms with Gasteiger partial charge in [-0.2, -0.15) is 27.1 Å². The summed E-state index contributed by atoms with van der Waals surface area (Å²) in [7, 11) is 0. The second-order valence-electron chi connectivity index (χ2n) is 10.5. The van der Waals surface area contributed by atoms with Gasteiger partial charge in [-0.25, -0.2) is 0 Å². The maximum Gasteiger partial charge on any atom is 0.405 e. The number of aromatic nitrogens is 2. The van der Waals surface area contributed by atoms with Gasteiger partial charge in [-0.15, -0.1) is 0 Å². The van der Waals surface area contributed by atoms with Crippen LogP contribution in [0.5, 0.6) is 0 Å². The van der Waals surface area contributed by atoms with E-state index < -0.39 is 23.9 Å². The molecule has 0 aliphatic heterocycles. The third-order valence-electron chi connectivity index (χ3n) is 7.29. The molecule has 3 aromatic rings. The van der Waals surface area contributed by atoms with E-state index in [2.05, 4.69) is 5.10 Å². The minimum absolute atomic E-state index is 0.0391. The monoisotopic (exact) mass is 581 g/mol. The summed E-state index contributed by atoms with van der Waals surface area (Å²) < 4.78 is 65.9. The van der Waals surface area contributed by atoms with Crippen LogP contribution in [0.1, 0.15) is 71.7 Å². The molecule has 1 heterocycles. The van der Waals surface area contributed by atoms with E-state index in [0.29, 0.717) is 45.2 Å². The van der Waals surface area contributed by atoms with Crippen molar-refractivity contribution in [3.8, 4) is 0 Å². The van der Waals surface area contributed by atoms with Crippen LogP contribution in [-0.4, -0.2) is 39.4 Å². The fraction of sp³-hybridized carbons (Fsp3) is 0.483. The zero-order chi connectivity index (χ0) is 29.1. The normalized spacial score (nSPS) is 18.8. The van der Waals surface area contributed by atoms with Crippen LogP contribution < -0.4 is 5.32 Å². The van der Waals surface area contributed by atoms with Crippen LogP contribution in [0.3, 0.4) is 0 Å². The number of amides is 1. The molecule has 216 valence electrons. The lowest BCUT2D eigenvalue weighted by Gasteiger charge is -2.24. The van der Waals surface area contributed by atoms with Gasteiger partial charge in [0.25, 0.3) is 11.2 Å². The fourth-order valence-corrected chi connectivity index (χ4v) is 5.97. The Balaban J connectivity index is 1.40. The number of Topliss-reactive ketones (excluding diaryl/α,β-unsaturated/α-hetero) is 1. The van der Waals surface area contributed by atoms with Crippen molar-refractivity contribution < 1.29 is 31.5 Å². The van der Waals surface area contributed by atoms with Crippen molar-refractivity contribution in [3.05, 3.63) is 59.3 Å². The van der Waals surface area contributed by atoms with Gasteiger partial charge in [-0.3, -0.25) is 14.3 Å². The van der Waals surface area contributed by atoms with Gasteiger partial charge in [0, 0.05) is 47.0 Å². The summed E-state index contributed by atoms with van der Waals surface area (Å²) in [6.07, 6.45) is 2.55. The molecule has 0 spiro atoms. The van der Waals surface area contributed by atoms with E-state index >= 15 is 0 Å². The minimum atomic E-state index is -4.49. The highest BCUT2D eigenvalue weighted by Gasteiger charge is 2.29. The number of ketones is 1. The van der Waals surface area contributed by atoms with Crippen molar-refractivity contribution in [1.82, 2.24) is 15.1 Å². The van der Waals surface area contributed by atoms with Gasteiger partial charge in [-0.05, 0) is 68.4 Å². The van der Waals surface area contributed by atoms with Gasteiger partial charge in [0.1, 0.15) is 6.54 Å². The average molecular weight is 582 g/mol. The summed E-state index contributed by atoms with van der Waals surface area (Å²) in [5.74, 6) is -0.593. The molecule has 1 aliphatic rings. The lowest BCUT2D eigenvalue weighted by molar-refractivity contribution is -0.123. The summed E-state index contributed by atoms with van der Waals surface area (Å²) in [6.45, 7) is 1.77. The molecule has 2 aromatic carbocycles. The molecular weight excluding hydrogens is 549 g/mol. The molecule has 0 bridgehead atoms. The molecule has 1 fully saturated rings. The number of rotatable bonds is 8. The number of nitrogens with zero attached hydrogens (tertiary/aromatic N) is 2. The largest absolute Gasteiger partial charge is 0.405 e. The molecule has 2 atom stereocenters. The van der Waals surface area contributed by atoms with Crippen molar-refractivity contribution in [2.24, 2.45) is 11.8 Å². The molecule has 1 aromatic heterocycles. The molecule has 1 amide bonds. The predicted octanol–water partition coefficient (Wildman–Crippen LogP) is 7.81. The summed E-state index contributed by atoms with van der Waals surface area (Å²) in [6, 6.07) is 9.52. The van der Waals surface area contributed by atoms with E-state index in [1.807, 2.05) is 16.2 Å². The first-order valence-corrected chi connectivity index (χ1v) is 14.1. The highest BCUT2D eigenvalue weighted by Crippen LogP contribution is 2.36. The van der Waals surface area contributed by atoms with Gasteiger partial charge >= 0.3 is 6.18 Å². The van der Waals surface area contributed by atoms with E-state index in [9.17, 15) is 31.5 Å². The number of fused-ring (bicyclic) bond motifs is 1. The van der Waals surface area contributed by atoms with E-state index in [1.54, 1.807) is 37.3 Å². The van der Waals surface area contributed by atoms with Gasteiger partial charge in [0.05, 0.1) is 5.52 Å². The van der Waals surface area contributed by atoms with Crippen molar-refractivity contribution in [2.45, 2.75) is 75.2 Å².